The Kier molecular flexibility index (Phi) is 4.70. The Hall–Kier alpha value is -2.21. The molecule has 2 aromatic rings. The van der Waals surface area contributed by atoms with Crippen LogP contribution >= 0.6 is 0 Å². The standard InChI is InChI=1S/C15H21N5O/c1-11-6-5-7-13(10-11)20-12(2)14(17-18-20)15(21)19(4)9-8-16-3/h5-7,10,16H,8-9H2,1-4H3. The zero-order valence-electron chi connectivity index (χ0n) is 12.9. The van der Waals surface area contributed by atoms with Crippen molar-refractivity contribution in [2.24, 2.45) is 0 Å². The van der Waals surface area contributed by atoms with E-state index in [0.717, 1.165) is 23.5 Å². The summed E-state index contributed by atoms with van der Waals surface area (Å²) in [4.78, 5) is 14.0. The van der Waals surface area contributed by atoms with E-state index >= 15 is 0 Å². The smallest absolute Gasteiger partial charge is 0.276 e. The number of benzene rings is 1. The molecule has 0 unspecified atom stereocenters. The lowest BCUT2D eigenvalue weighted by Gasteiger charge is -2.15. The van der Waals surface area contributed by atoms with Gasteiger partial charge in [0.05, 0.1) is 11.4 Å². The topological polar surface area (TPSA) is 63.1 Å². The van der Waals surface area contributed by atoms with E-state index in [1.165, 1.54) is 0 Å². The van der Waals surface area contributed by atoms with Gasteiger partial charge in [0.25, 0.3) is 5.91 Å². The zero-order valence-corrected chi connectivity index (χ0v) is 12.9. The molecule has 0 bridgehead atoms. The molecular weight excluding hydrogens is 266 g/mol. The molecule has 112 valence electrons. The van der Waals surface area contributed by atoms with Gasteiger partial charge in [-0.1, -0.05) is 17.3 Å². The molecule has 0 atom stereocenters. The lowest BCUT2D eigenvalue weighted by molar-refractivity contribution is 0.0790. The third-order valence-electron chi connectivity index (χ3n) is 3.39. The van der Waals surface area contributed by atoms with Gasteiger partial charge in [-0.2, -0.15) is 0 Å². The predicted molar refractivity (Wildman–Crippen MR) is 81.7 cm³/mol. The molecule has 1 amide bonds. The summed E-state index contributed by atoms with van der Waals surface area (Å²) in [6.07, 6.45) is 0. The normalized spacial score (nSPS) is 10.7. The number of likely N-dealkylation sites (N-methyl/N-ethyl adjacent to an activating group) is 2. The van der Waals surface area contributed by atoms with Crippen molar-refractivity contribution in [2.75, 3.05) is 27.2 Å². The summed E-state index contributed by atoms with van der Waals surface area (Å²) >= 11 is 0. The molecule has 0 aliphatic carbocycles. The Balaban J connectivity index is 2.26. The van der Waals surface area contributed by atoms with Crippen LogP contribution < -0.4 is 5.32 Å². The Morgan fingerprint density at radius 3 is 2.81 bits per heavy atom. The highest BCUT2D eigenvalue weighted by Gasteiger charge is 2.20. The van der Waals surface area contributed by atoms with Crippen LogP contribution in [-0.2, 0) is 0 Å². The largest absolute Gasteiger partial charge is 0.339 e. The van der Waals surface area contributed by atoms with Gasteiger partial charge in [-0.25, -0.2) is 4.68 Å². The monoisotopic (exact) mass is 287 g/mol. The summed E-state index contributed by atoms with van der Waals surface area (Å²) in [5.41, 5.74) is 3.20. The summed E-state index contributed by atoms with van der Waals surface area (Å²) in [6.45, 7) is 5.26. The van der Waals surface area contributed by atoms with Gasteiger partial charge >= 0.3 is 0 Å². The molecular formula is C15H21N5O. The van der Waals surface area contributed by atoms with Crippen LogP contribution in [0.25, 0.3) is 5.69 Å². The van der Waals surface area contributed by atoms with E-state index in [4.69, 9.17) is 0 Å². The van der Waals surface area contributed by atoms with Crippen molar-refractivity contribution < 1.29 is 4.79 Å². The SMILES string of the molecule is CNCCN(C)C(=O)c1nnn(-c2cccc(C)c2)c1C. The highest BCUT2D eigenvalue weighted by molar-refractivity contribution is 5.93. The molecule has 0 aliphatic heterocycles. The fraction of sp³-hybridized carbons (Fsp3) is 0.400. The van der Waals surface area contributed by atoms with Crippen molar-refractivity contribution in [2.45, 2.75) is 13.8 Å². The lowest BCUT2D eigenvalue weighted by atomic mass is 10.2. The average molecular weight is 287 g/mol. The molecule has 0 radical (unpaired) electrons. The van der Waals surface area contributed by atoms with Crippen LogP contribution in [0.2, 0.25) is 0 Å². The molecule has 0 aliphatic rings. The third kappa shape index (κ3) is 3.28. The Morgan fingerprint density at radius 2 is 2.14 bits per heavy atom. The molecule has 1 aromatic carbocycles. The average Bonchev–Trinajstić information content (AvgIpc) is 2.85. The van der Waals surface area contributed by atoms with E-state index in [2.05, 4.69) is 15.6 Å². The first kappa shape index (κ1) is 15.2. The number of nitrogens with zero attached hydrogens (tertiary/aromatic N) is 4. The van der Waals surface area contributed by atoms with Gasteiger partial charge in [-0.15, -0.1) is 5.10 Å². The van der Waals surface area contributed by atoms with E-state index in [0.29, 0.717) is 12.2 Å². The van der Waals surface area contributed by atoms with E-state index in [9.17, 15) is 4.79 Å². The number of carbonyl (C=O) groups is 1. The molecule has 6 heteroatoms. The maximum absolute atomic E-state index is 12.4. The lowest BCUT2D eigenvalue weighted by Crippen LogP contribution is -2.33. The van der Waals surface area contributed by atoms with Gasteiger partial charge in [0.15, 0.2) is 5.69 Å². The number of carbonyl (C=O) groups excluding carboxylic acids is 1. The number of aryl methyl sites for hydroxylation is 1. The highest BCUT2D eigenvalue weighted by Crippen LogP contribution is 2.14. The zero-order chi connectivity index (χ0) is 15.4. The molecule has 0 saturated heterocycles. The summed E-state index contributed by atoms with van der Waals surface area (Å²) in [5.74, 6) is -0.110. The second kappa shape index (κ2) is 6.49. The van der Waals surface area contributed by atoms with E-state index in [1.54, 1.807) is 16.6 Å². The van der Waals surface area contributed by atoms with Crippen LogP contribution in [0.15, 0.2) is 24.3 Å². The fourth-order valence-electron chi connectivity index (χ4n) is 2.09. The van der Waals surface area contributed by atoms with Crippen LogP contribution in [0.5, 0.6) is 0 Å². The predicted octanol–water partition coefficient (Wildman–Crippen LogP) is 1.18. The van der Waals surface area contributed by atoms with Gasteiger partial charge < -0.3 is 10.2 Å². The molecule has 1 N–H and O–H groups in total. The molecule has 21 heavy (non-hydrogen) atoms. The van der Waals surface area contributed by atoms with E-state index in [1.807, 2.05) is 45.2 Å². The van der Waals surface area contributed by atoms with Crippen LogP contribution in [0.4, 0.5) is 0 Å². The van der Waals surface area contributed by atoms with Crippen molar-refractivity contribution in [3.63, 3.8) is 0 Å². The van der Waals surface area contributed by atoms with Crippen molar-refractivity contribution in [3.05, 3.63) is 41.2 Å². The van der Waals surface area contributed by atoms with Gasteiger partial charge in [0, 0.05) is 20.1 Å². The third-order valence-corrected chi connectivity index (χ3v) is 3.39. The number of rotatable bonds is 5. The number of nitrogens with one attached hydrogen (secondary N) is 1. The summed E-state index contributed by atoms with van der Waals surface area (Å²) < 4.78 is 1.70. The number of amides is 1. The van der Waals surface area contributed by atoms with Crippen LogP contribution in [-0.4, -0.2) is 53.0 Å². The maximum Gasteiger partial charge on any atom is 0.276 e. The van der Waals surface area contributed by atoms with Gasteiger partial charge in [0.1, 0.15) is 0 Å². The maximum atomic E-state index is 12.4. The van der Waals surface area contributed by atoms with Crippen LogP contribution in [0, 0.1) is 13.8 Å². The molecule has 0 spiro atoms. The van der Waals surface area contributed by atoms with Gasteiger partial charge in [-0.3, -0.25) is 4.79 Å². The molecule has 0 saturated carbocycles. The van der Waals surface area contributed by atoms with Crippen molar-refractivity contribution in [3.8, 4) is 5.69 Å². The number of hydrogen-bond donors (Lipinski definition) is 1. The van der Waals surface area contributed by atoms with E-state index in [-0.39, 0.29) is 5.91 Å². The van der Waals surface area contributed by atoms with Gasteiger partial charge in [-0.05, 0) is 38.6 Å². The number of aromatic nitrogens is 3. The molecule has 1 aromatic heterocycles. The Morgan fingerprint density at radius 1 is 1.38 bits per heavy atom. The van der Waals surface area contributed by atoms with Gasteiger partial charge in [0.2, 0.25) is 0 Å². The highest BCUT2D eigenvalue weighted by atomic mass is 16.2. The first-order chi connectivity index (χ1) is 10.0. The van der Waals surface area contributed by atoms with E-state index < -0.39 is 0 Å². The minimum absolute atomic E-state index is 0.110. The second-order valence-corrected chi connectivity index (χ2v) is 5.10. The van der Waals surface area contributed by atoms with Crippen LogP contribution in [0.1, 0.15) is 21.7 Å². The molecule has 1 heterocycles. The molecule has 6 nitrogen and oxygen atoms in total. The first-order valence-corrected chi connectivity index (χ1v) is 6.94. The van der Waals surface area contributed by atoms with Crippen molar-refractivity contribution >= 4 is 5.91 Å². The summed E-state index contributed by atoms with van der Waals surface area (Å²) in [7, 11) is 3.63. The fourth-order valence-corrected chi connectivity index (χ4v) is 2.09. The summed E-state index contributed by atoms with van der Waals surface area (Å²) in [5, 5.41) is 11.2. The second-order valence-electron chi connectivity index (χ2n) is 5.10. The Bertz CT molecular complexity index is 635. The number of hydrogen-bond acceptors (Lipinski definition) is 4. The quantitative estimate of drug-likeness (QED) is 0.897. The first-order valence-electron chi connectivity index (χ1n) is 6.94. The Labute approximate surface area is 124 Å². The van der Waals surface area contributed by atoms with Crippen molar-refractivity contribution in [1.82, 2.24) is 25.2 Å². The minimum Gasteiger partial charge on any atom is -0.339 e. The van der Waals surface area contributed by atoms with Crippen LogP contribution in [0.3, 0.4) is 0 Å². The van der Waals surface area contributed by atoms with Crippen molar-refractivity contribution in [1.29, 1.82) is 0 Å². The summed E-state index contributed by atoms with van der Waals surface area (Å²) in [6, 6.07) is 7.95. The molecule has 0 fully saturated rings. The minimum atomic E-state index is -0.110. The molecule has 2 rings (SSSR count).